The van der Waals surface area contributed by atoms with Gasteiger partial charge in [-0.1, -0.05) is 49.2 Å². The number of benzene rings is 2. The van der Waals surface area contributed by atoms with Crippen molar-refractivity contribution in [3.63, 3.8) is 0 Å². The lowest BCUT2D eigenvalue weighted by atomic mass is 9.94. The van der Waals surface area contributed by atoms with Crippen molar-refractivity contribution in [2.45, 2.75) is 101 Å². The summed E-state index contributed by atoms with van der Waals surface area (Å²) < 4.78 is 12.0. The van der Waals surface area contributed by atoms with Crippen LogP contribution in [-0.2, 0) is 36.9 Å². The number of rotatable bonds is 8. The zero-order valence-corrected chi connectivity index (χ0v) is 28.9. The summed E-state index contributed by atoms with van der Waals surface area (Å²) in [5.74, 6) is -0.739. The first-order chi connectivity index (χ1) is 23.3. The molecule has 4 atom stereocenters. The molecule has 1 saturated carbocycles. The van der Waals surface area contributed by atoms with Gasteiger partial charge >= 0.3 is 0 Å². The lowest BCUT2D eigenvalue weighted by molar-refractivity contribution is -0.137. The number of hydrogen-bond donors (Lipinski definition) is 4. The van der Waals surface area contributed by atoms with E-state index in [9.17, 15) is 19.2 Å². The predicted molar refractivity (Wildman–Crippen MR) is 187 cm³/mol. The van der Waals surface area contributed by atoms with Crippen LogP contribution in [-0.4, -0.2) is 78.3 Å². The number of thiol groups is 1. The summed E-state index contributed by atoms with van der Waals surface area (Å²) in [6.07, 6.45) is 7.85. The van der Waals surface area contributed by atoms with Crippen LogP contribution in [0, 0.1) is 12.8 Å². The first kappa shape index (κ1) is 35.7. The maximum atomic E-state index is 14.0. The average Bonchev–Trinajstić information content (AvgIpc) is 3.62. The minimum atomic E-state index is -1.28. The smallest absolute Gasteiger partial charge is 0.244 e. The highest BCUT2D eigenvalue weighted by atomic mass is 32.1. The Kier molecular flexibility index (Phi) is 13.2. The fourth-order valence-electron chi connectivity index (χ4n) is 6.80. The molecule has 2 aromatic carbocycles. The molecule has 5 rings (SSSR count). The summed E-state index contributed by atoms with van der Waals surface area (Å²) in [6.45, 7) is 4.04. The molecule has 0 radical (unpaired) electrons. The van der Waals surface area contributed by atoms with Crippen LogP contribution < -0.4 is 20.7 Å². The van der Waals surface area contributed by atoms with Gasteiger partial charge in [0.15, 0.2) is 0 Å². The number of fused-ring (bicyclic) bond motifs is 4. The SMILES string of the molecule is Cc1ccc2cc1CNC(=O)[C@H](CCc1ccccc1)NC(=O)[C@@H](NC(=O)CCOC1CCCC1)C(S)C(=O)N1CCCC(CCO2)C1. The third-order valence-corrected chi connectivity index (χ3v) is 10.3. The molecule has 48 heavy (non-hydrogen) atoms. The zero-order valence-electron chi connectivity index (χ0n) is 28.0. The molecule has 1 aliphatic carbocycles. The quantitative estimate of drug-likeness (QED) is 0.314. The van der Waals surface area contributed by atoms with E-state index < -0.39 is 29.1 Å². The van der Waals surface area contributed by atoms with Crippen LogP contribution in [0.4, 0.5) is 0 Å². The number of piperidine rings is 1. The van der Waals surface area contributed by atoms with Crippen molar-refractivity contribution in [3.8, 4) is 5.75 Å². The van der Waals surface area contributed by atoms with Crippen molar-refractivity contribution < 1.29 is 28.7 Å². The molecule has 0 aromatic heterocycles. The van der Waals surface area contributed by atoms with Gasteiger partial charge in [-0.3, -0.25) is 19.2 Å². The van der Waals surface area contributed by atoms with Crippen LogP contribution in [0.1, 0.15) is 74.5 Å². The molecule has 4 bridgehead atoms. The third kappa shape index (κ3) is 10.2. The number of hydrogen-bond acceptors (Lipinski definition) is 7. The fraction of sp³-hybridized carbons (Fsp3) is 0.568. The molecule has 2 heterocycles. The Morgan fingerprint density at radius 1 is 1.02 bits per heavy atom. The Balaban J connectivity index is 1.38. The van der Waals surface area contributed by atoms with E-state index in [1.165, 1.54) is 0 Å². The number of nitrogens with zero attached hydrogens (tertiary/aromatic N) is 1. The molecule has 4 amide bonds. The summed E-state index contributed by atoms with van der Waals surface area (Å²) in [7, 11) is 0. The van der Waals surface area contributed by atoms with Gasteiger partial charge in [0.25, 0.3) is 0 Å². The molecule has 260 valence electrons. The number of aryl methyl sites for hydroxylation is 2. The van der Waals surface area contributed by atoms with Crippen molar-refractivity contribution in [2.24, 2.45) is 5.92 Å². The second-order valence-electron chi connectivity index (χ2n) is 13.3. The standard InChI is InChI=1S/C37H50N4O6S/c1-25-13-15-30-22-28(25)23-38-35(43)31(16-14-26-8-3-2-4-9-26)39-36(44)33(40-32(42)18-21-46-29-11-5-6-12-29)34(48)37(45)41-19-7-10-27(24-41)17-20-47-30/h2-4,8-9,13,15,22,27,29,31,33-34,48H,5-7,10-12,14,16-21,23-24H2,1H3,(H,38,43)(H,39,44)(H,40,42)/t27?,31-,33-,34?/m0/s1. The van der Waals surface area contributed by atoms with E-state index in [0.29, 0.717) is 32.5 Å². The number of carbonyl (C=O) groups is 4. The van der Waals surface area contributed by atoms with Crippen molar-refractivity contribution >= 4 is 36.3 Å². The molecule has 11 heteroatoms. The Hall–Kier alpha value is -3.57. The van der Waals surface area contributed by atoms with E-state index in [-0.39, 0.29) is 43.4 Å². The molecule has 2 fully saturated rings. The van der Waals surface area contributed by atoms with Crippen LogP contribution in [0.5, 0.6) is 5.75 Å². The Labute approximate surface area is 289 Å². The second kappa shape index (κ2) is 17.7. The summed E-state index contributed by atoms with van der Waals surface area (Å²) in [6, 6.07) is 13.4. The molecule has 2 aliphatic heterocycles. The van der Waals surface area contributed by atoms with Crippen LogP contribution in [0.15, 0.2) is 48.5 Å². The van der Waals surface area contributed by atoms with Crippen molar-refractivity contribution in [1.29, 1.82) is 0 Å². The average molecular weight is 679 g/mol. The summed E-state index contributed by atoms with van der Waals surface area (Å²) in [4.78, 5) is 56.5. The van der Waals surface area contributed by atoms with Gasteiger partial charge in [0.1, 0.15) is 23.1 Å². The second-order valence-corrected chi connectivity index (χ2v) is 13.9. The first-order valence-electron chi connectivity index (χ1n) is 17.5. The zero-order chi connectivity index (χ0) is 33.9. The maximum absolute atomic E-state index is 14.0. The van der Waals surface area contributed by atoms with Crippen molar-refractivity contribution in [2.75, 3.05) is 26.3 Å². The summed E-state index contributed by atoms with van der Waals surface area (Å²) in [5, 5.41) is 7.53. The van der Waals surface area contributed by atoms with E-state index in [2.05, 4.69) is 28.6 Å². The fourth-order valence-corrected chi connectivity index (χ4v) is 7.17. The molecule has 2 unspecified atom stereocenters. The molecule has 3 aliphatic rings. The number of ether oxygens (including phenoxy) is 2. The van der Waals surface area contributed by atoms with Gasteiger partial charge in [0, 0.05) is 26.1 Å². The Morgan fingerprint density at radius 3 is 2.60 bits per heavy atom. The van der Waals surface area contributed by atoms with E-state index in [1.807, 2.05) is 55.5 Å². The van der Waals surface area contributed by atoms with Gasteiger partial charge in [-0.05, 0) is 86.6 Å². The van der Waals surface area contributed by atoms with E-state index in [0.717, 1.165) is 67.4 Å². The minimum Gasteiger partial charge on any atom is -0.494 e. The summed E-state index contributed by atoms with van der Waals surface area (Å²) in [5.41, 5.74) is 2.96. The van der Waals surface area contributed by atoms with Gasteiger partial charge in [-0.15, -0.1) is 0 Å². The van der Waals surface area contributed by atoms with Gasteiger partial charge in [0.05, 0.1) is 19.3 Å². The lowest BCUT2D eigenvalue weighted by Crippen LogP contribution is -2.60. The first-order valence-corrected chi connectivity index (χ1v) is 18.0. The van der Waals surface area contributed by atoms with Gasteiger partial charge in [-0.25, -0.2) is 0 Å². The van der Waals surface area contributed by atoms with Gasteiger partial charge in [-0.2, -0.15) is 12.6 Å². The lowest BCUT2D eigenvalue weighted by Gasteiger charge is -2.36. The molecular weight excluding hydrogens is 628 g/mol. The van der Waals surface area contributed by atoms with Crippen LogP contribution >= 0.6 is 12.6 Å². The number of nitrogens with one attached hydrogen (secondary N) is 3. The van der Waals surface area contributed by atoms with E-state index >= 15 is 0 Å². The highest BCUT2D eigenvalue weighted by Gasteiger charge is 2.38. The van der Waals surface area contributed by atoms with Gasteiger partial charge in [0.2, 0.25) is 23.6 Å². The highest BCUT2D eigenvalue weighted by molar-refractivity contribution is 7.82. The third-order valence-electron chi connectivity index (χ3n) is 9.75. The van der Waals surface area contributed by atoms with Crippen LogP contribution in [0.25, 0.3) is 0 Å². The van der Waals surface area contributed by atoms with Crippen molar-refractivity contribution in [3.05, 3.63) is 65.2 Å². The molecule has 0 spiro atoms. The summed E-state index contributed by atoms with van der Waals surface area (Å²) >= 11 is 4.66. The molecule has 3 N–H and O–H groups in total. The minimum absolute atomic E-state index is 0.0527. The number of amides is 4. The molecule has 1 saturated heterocycles. The van der Waals surface area contributed by atoms with E-state index in [4.69, 9.17) is 9.47 Å². The normalized spacial score (nSPS) is 24.5. The van der Waals surface area contributed by atoms with Crippen molar-refractivity contribution in [1.82, 2.24) is 20.9 Å². The van der Waals surface area contributed by atoms with Crippen LogP contribution in [0.2, 0.25) is 0 Å². The van der Waals surface area contributed by atoms with Gasteiger partial charge < -0.3 is 30.3 Å². The highest BCUT2D eigenvalue weighted by Crippen LogP contribution is 2.24. The molecule has 2 aromatic rings. The molecular formula is C37H50N4O6S. The van der Waals surface area contributed by atoms with Crippen LogP contribution in [0.3, 0.4) is 0 Å². The number of carbonyl (C=O) groups excluding carboxylic acids is 4. The molecule has 10 nitrogen and oxygen atoms in total. The Morgan fingerprint density at radius 2 is 1.81 bits per heavy atom. The largest absolute Gasteiger partial charge is 0.494 e. The van der Waals surface area contributed by atoms with E-state index in [1.54, 1.807) is 4.90 Å². The Bertz CT molecular complexity index is 1400. The monoisotopic (exact) mass is 678 g/mol. The maximum Gasteiger partial charge on any atom is 0.244 e. The topological polar surface area (TPSA) is 126 Å². The predicted octanol–water partition coefficient (Wildman–Crippen LogP) is 3.88.